The van der Waals surface area contributed by atoms with Crippen molar-refractivity contribution in [2.45, 2.75) is 19.2 Å². The Morgan fingerprint density at radius 3 is 2.39 bits per heavy atom. The smallest absolute Gasteiger partial charge is 0.133 e. The van der Waals surface area contributed by atoms with Crippen LogP contribution >= 0.6 is 34.8 Å². The molecule has 0 radical (unpaired) electrons. The lowest BCUT2D eigenvalue weighted by Gasteiger charge is -2.07. The first-order chi connectivity index (χ1) is 8.60. The predicted molar refractivity (Wildman–Crippen MR) is 75.6 cm³/mol. The minimum atomic E-state index is 0.368. The highest BCUT2D eigenvalue weighted by atomic mass is 35.5. The summed E-state index contributed by atoms with van der Waals surface area (Å²) in [6, 6.07) is 7.29. The minimum Gasteiger partial charge on any atom is -0.238 e. The predicted octanol–water partition coefficient (Wildman–Crippen LogP) is 4.42. The molecule has 0 N–H and O–H groups in total. The summed E-state index contributed by atoms with van der Waals surface area (Å²) in [5.41, 5.74) is 2.54. The molecule has 0 atom stereocenters. The molecule has 1 heterocycles. The van der Waals surface area contributed by atoms with E-state index in [1.165, 1.54) is 0 Å². The van der Waals surface area contributed by atoms with Crippen LogP contribution in [0.25, 0.3) is 0 Å². The summed E-state index contributed by atoms with van der Waals surface area (Å²) in [4.78, 5) is 8.74. The fraction of sp³-hybridized carbons (Fsp3) is 0.231. The molecular weight excluding hydrogens is 291 g/mol. The highest BCUT2D eigenvalue weighted by Crippen LogP contribution is 2.26. The Hall–Kier alpha value is -0.830. The maximum atomic E-state index is 6.13. The molecule has 18 heavy (non-hydrogen) atoms. The van der Waals surface area contributed by atoms with Crippen molar-refractivity contribution in [2.24, 2.45) is 0 Å². The standard InChI is InChI=1S/C13H11Cl3N2/c1-8-5-9(7-14)18-13(17-8)6-10-11(15)3-2-4-12(10)16/h2-5H,6-7H2,1H3. The van der Waals surface area contributed by atoms with Gasteiger partial charge in [-0.3, -0.25) is 0 Å². The van der Waals surface area contributed by atoms with Crippen molar-refractivity contribution in [3.05, 3.63) is 57.1 Å². The van der Waals surface area contributed by atoms with E-state index in [2.05, 4.69) is 9.97 Å². The molecule has 0 aliphatic carbocycles. The van der Waals surface area contributed by atoms with Crippen molar-refractivity contribution in [2.75, 3.05) is 0 Å². The highest BCUT2D eigenvalue weighted by Gasteiger charge is 2.09. The molecule has 2 aromatic rings. The lowest BCUT2D eigenvalue weighted by Crippen LogP contribution is -2.02. The Balaban J connectivity index is 2.37. The molecule has 2 rings (SSSR count). The Kier molecular flexibility index (Phi) is 4.44. The fourth-order valence-corrected chi connectivity index (χ4v) is 2.37. The van der Waals surface area contributed by atoms with Crippen LogP contribution in [0.5, 0.6) is 0 Å². The second kappa shape index (κ2) is 5.87. The van der Waals surface area contributed by atoms with Crippen LogP contribution in [0.4, 0.5) is 0 Å². The van der Waals surface area contributed by atoms with Crippen molar-refractivity contribution in [1.82, 2.24) is 9.97 Å². The highest BCUT2D eigenvalue weighted by molar-refractivity contribution is 6.36. The molecule has 0 spiro atoms. The van der Waals surface area contributed by atoms with Crippen LogP contribution in [-0.2, 0) is 12.3 Å². The number of nitrogens with zero attached hydrogens (tertiary/aromatic N) is 2. The first-order valence-corrected chi connectivity index (χ1v) is 6.71. The van der Waals surface area contributed by atoms with Crippen LogP contribution in [0.1, 0.15) is 22.8 Å². The van der Waals surface area contributed by atoms with Crippen molar-refractivity contribution >= 4 is 34.8 Å². The third-order valence-corrected chi connectivity index (χ3v) is 3.47. The van der Waals surface area contributed by atoms with Gasteiger partial charge in [0, 0.05) is 22.2 Å². The van der Waals surface area contributed by atoms with Gasteiger partial charge in [0.2, 0.25) is 0 Å². The second-order valence-electron chi connectivity index (χ2n) is 3.93. The fourth-order valence-electron chi connectivity index (χ4n) is 1.71. The summed E-state index contributed by atoms with van der Waals surface area (Å²) in [5, 5.41) is 1.25. The quantitative estimate of drug-likeness (QED) is 0.784. The van der Waals surface area contributed by atoms with Crippen molar-refractivity contribution in [3.8, 4) is 0 Å². The summed E-state index contributed by atoms with van der Waals surface area (Å²) in [6.07, 6.45) is 0.504. The minimum absolute atomic E-state index is 0.368. The van der Waals surface area contributed by atoms with Crippen molar-refractivity contribution in [3.63, 3.8) is 0 Å². The van der Waals surface area contributed by atoms with Crippen LogP contribution in [0.3, 0.4) is 0 Å². The van der Waals surface area contributed by atoms with Gasteiger partial charge in [-0.25, -0.2) is 9.97 Å². The summed E-state index contributed by atoms with van der Waals surface area (Å²) >= 11 is 18.0. The molecular formula is C13H11Cl3N2. The zero-order valence-electron chi connectivity index (χ0n) is 9.75. The van der Waals surface area contributed by atoms with Crippen LogP contribution < -0.4 is 0 Å². The lowest BCUT2D eigenvalue weighted by molar-refractivity contribution is 0.913. The SMILES string of the molecule is Cc1cc(CCl)nc(Cc2c(Cl)cccc2Cl)n1. The van der Waals surface area contributed by atoms with Gasteiger partial charge in [0.15, 0.2) is 0 Å². The molecule has 0 unspecified atom stereocenters. The molecule has 0 aliphatic rings. The number of hydrogen-bond donors (Lipinski definition) is 0. The molecule has 0 saturated carbocycles. The molecule has 0 aliphatic heterocycles. The van der Waals surface area contributed by atoms with E-state index in [0.29, 0.717) is 28.2 Å². The maximum absolute atomic E-state index is 6.13. The topological polar surface area (TPSA) is 25.8 Å². The number of aromatic nitrogens is 2. The molecule has 5 heteroatoms. The van der Waals surface area contributed by atoms with Gasteiger partial charge in [0.25, 0.3) is 0 Å². The number of hydrogen-bond acceptors (Lipinski definition) is 2. The van der Waals surface area contributed by atoms with Gasteiger partial charge >= 0.3 is 0 Å². The average molecular weight is 302 g/mol. The van der Waals surface area contributed by atoms with Crippen molar-refractivity contribution < 1.29 is 0 Å². The van der Waals surface area contributed by atoms with E-state index >= 15 is 0 Å². The van der Waals surface area contributed by atoms with Gasteiger partial charge in [0.1, 0.15) is 5.82 Å². The molecule has 0 amide bonds. The molecule has 1 aromatic carbocycles. The van der Waals surface area contributed by atoms with Crippen LogP contribution in [-0.4, -0.2) is 9.97 Å². The molecule has 2 nitrogen and oxygen atoms in total. The van der Waals surface area contributed by atoms with Gasteiger partial charge in [-0.05, 0) is 30.7 Å². The Bertz CT molecular complexity index is 550. The molecule has 94 valence electrons. The summed E-state index contributed by atoms with van der Waals surface area (Å²) in [6.45, 7) is 1.91. The third-order valence-electron chi connectivity index (χ3n) is 2.49. The van der Waals surface area contributed by atoms with Gasteiger partial charge in [-0.15, -0.1) is 11.6 Å². The maximum Gasteiger partial charge on any atom is 0.133 e. The third kappa shape index (κ3) is 3.14. The van der Waals surface area contributed by atoms with E-state index in [-0.39, 0.29) is 0 Å². The summed E-state index contributed by atoms with van der Waals surface area (Å²) in [7, 11) is 0. The first kappa shape index (κ1) is 13.6. The second-order valence-corrected chi connectivity index (χ2v) is 5.01. The van der Waals surface area contributed by atoms with Crippen molar-refractivity contribution in [1.29, 1.82) is 0 Å². The van der Waals surface area contributed by atoms with Gasteiger partial charge in [-0.2, -0.15) is 0 Å². The van der Waals surface area contributed by atoms with Crippen LogP contribution in [0.2, 0.25) is 10.0 Å². The average Bonchev–Trinajstić information content (AvgIpc) is 2.33. The van der Waals surface area contributed by atoms with Crippen LogP contribution in [0, 0.1) is 6.92 Å². The first-order valence-electron chi connectivity index (χ1n) is 5.42. The van der Waals surface area contributed by atoms with E-state index in [9.17, 15) is 0 Å². The van der Waals surface area contributed by atoms with E-state index in [1.54, 1.807) is 12.1 Å². The largest absolute Gasteiger partial charge is 0.238 e. The summed E-state index contributed by atoms with van der Waals surface area (Å²) in [5.74, 6) is 1.05. The number of benzene rings is 1. The molecule has 0 fully saturated rings. The summed E-state index contributed by atoms with van der Waals surface area (Å²) < 4.78 is 0. The zero-order valence-corrected chi connectivity index (χ0v) is 12.0. The van der Waals surface area contributed by atoms with E-state index < -0.39 is 0 Å². The normalized spacial score (nSPS) is 10.7. The Labute approximate surface area is 121 Å². The number of aryl methyl sites for hydroxylation is 1. The molecule has 0 bridgehead atoms. The lowest BCUT2D eigenvalue weighted by atomic mass is 10.1. The van der Waals surface area contributed by atoms with E-state index in [1.807, 2.05) is 19.1 Å². The van der Waals surface area contributed by atoms with E-state index in [4.69, 9.17) is 34.8 Å². The number of halogens is 3. The number of rotatable bonds is 3. The number of alkyl halides is 1. The van der Waals surface area contributed by atoms with Gasteiger partial charge < -0.3 is 0 Å². The van der Waals surface area contributed by atoms with E-state index in [0.717, 1.165) is 17.0 Å². The van der Waals surface area contributed by atoms with Crippen LogP contribution in [0.15, 0.2) is 24.3 Å². The zero-order chi connectivity index (χ0) is 13.1. The van der Waals surface area contributed by atoms with Gasteiger partial charge in [0.05, 0.1) is 11.6 Å². The molecule has 0 saturated heterocycles. The Morgan fingerprint density at radius 1 is 1.11 bits per heavy atom. The van der Waals surface area contributed by atoms with Gasteiger partial charge in [-0.1, -0.05) is 29.3 Å². The monoisotopic (exact) mass is 300 g/mol. The molecule has 1 aromatic heterocycles. The Morgan fingerprint density at radius 2 is 1.78 bits per heavy atom.